The van der Waals surface area contributed by atoms with Gasteiger partial charge in [0.05, 0.1) is 5.56 Å². The van der Waals surface area contributed by atoms with Gasteiger partial charge in [-0.25, -0.2) is 4.98 Å². The third-order valence-electron chi connectivity index (χ3n) is 2.46. The van der Waals surface area contributed by atoms with E-state index in [1.807, 2.05) is 20.8 Å². The van der Waals surface area contributed by atoms with E-state index in [0.29, 0.717) is 16.7 Å². The summed E-state index contributed by atoms with van der Waals surface area (Å²) in [4.78, 5) is 7.96. The van der Waals surface area contributed by atoms with Crippen molar-refractivity contribution in [1.29, 1.82) is 0 Å². The first-order valence-electron chi connectivity index (χ1n) is 5.88. The molecule has 0 bridgehead atoms. The minimum atomic E-state index is -4.44. The third kappa shape index (κ3) is 3.30. The van der Waals surface area contributed by atoms with E-state index in [-0.39, 0.29) is 10.7 Å². The molecule has 2 rings (SSSR count). The maximum Gasteiger partial charge on any atom is 0.417 e. The van der Waals surface area contributed by atoms with E-state index >= 15 is 0 Å². The lowest BCUT2D eigenvalue weighted by molar-refractivity contribution is -0.137. The van der Waals surface area contributed by atoms with Crippen LogP contribution in [0.1, 0.15) is 26.3 Å². The molecule has 2 heterocycles. The molecule has 0 fully saturated rings. The largest absolute Gasteiger partial charge is 0.417 e. The molecule has 0 aliphatic heterocycles. The van der Waals surface area contributed by atoms with Crippen molar-refractivity contribution < 1.29 is 13.2 Å². The normalized spacial score (nSPS) is 12.8. The molecule has 0 aliphatic rings. The first-order chi connectivity index (χ1) is 9.06. The highest BCUT2D eigenvalue weighted by Crippen LogP contribution is 2.32. The first kappa shape index (κ1) is 14.8. The lowest BCUT2D eigenvalue weighted by atomic mass is 10.1. The molecule has 0 amide bonds. The molecule has 0 spiro atoms. The van der Waals surface area contributed by atoms with Crippen molar-refractivity contribution in [3.63, 3.8) is 0 Å². The molecule has 20 heavy (non-hydrogen) atoms. The van der Waals surface area contributed by atoms with Crippen LogP contribution in [0, 0.1) is 0 Å². The minimum Gasteiger partial charge on any atom is -0.364 e. The second kappa shape index (κ2) is 4.77. The molecule has 2 aromatic heterocycles. The molecule has 0 unspecified atom stereocenters. The molecule has 0 saturated heterocycles. The van der Waals surface area contributed by atoms with Gasteiger partial charge in [0, 0.05) is 17.1 Å². The van der Waals surface area contributed by atoms with Gasteiger partial charge in [0.2, 0.25) is 0 Å². The van der Waals surface area contributed by atoms with Gasteiger partial charge in [0.15, 0.2) is 5.82 Å². The van der Waals surface area contributed by atoms with Crippen molar-refractivity contribution in [1.82, 2.24) is 9.97 Å². The van der Waals surface area contributed by atoms with E-state index in [1.165, 1.54) is 6.07 Å². The molecular formula is C13H13ClF3N3. The molecule has 0 saturated carbocycles. The number of nitrogens with one attached hydrogen (secondary N) is 1. The molecule has 0 aliphatic carbocycles. The van der Waals surface area contributed by atoms with Crippen LogP contribution in [0.3, 0.4) is 0 Å². The highest BCUT2D eigenvalue weighted by Gasteiger charge is 2.31. The number of alkyl halides is 3. The SMILES string of the molecule is CC(C)(C)Nc1nc(Cl)cc2cc(C(F)(F)F)cnc12. The Bertz CT molecular complexity index is 648. The number of rotatable bonds is 1. The Morgan fingerprint density at radius 2 is 1.80 bits per heavy atom. The summed E-state index contributed by atoms with van der Waals surface area (Å²) >= 11 is 5.86. The van der Waals surface area contributed by atoms with Crippen molar-refractivity contribution >= 4 is 28.3 Å². The smallest absolute Gasteiger partial charge is 0.364 e. The van der Waals surface area contributed by atoms with Gasteiger partial charge >= 0.3 is 6.18 Å². The molecule has 2 aromatic rings. The Kier molecular flexibility index (Phi) is 3.54. The first-order valence-corrected chi connectivity index (χ1v) is 6.26. The second-order valence-corrected chi connectivity index (χ2v) is 5.85. The number of hydrogen-bond donors (Lipinski definition) is 1. The zero-order valence-corrected chi connectivity index (χ0v) is 11.9. The van der Waals surface area contributed by atoms with E-state index in [1.54, 1.807) is 0 Å². The van der Waals surface area contributed by atoms with Gasteiger partial charge in [-0.3, -0.25) is 4.98 Å². The van der Waals surface area contributed by atoms with Gasteiger partial charge in [0.25, 0.3) is 0 Å². The molecule has 108 valence electrons. The maximum atomic E-state index is 12.7. The van der Waals surface area contributed by atoms with Crippen molar-refractivity contribution in [2.75, 3.05) is 5.32 Å². The fraction of sp³-hybridized carbons (Fsp3) is 0.385. The lowest BCUT2D eigenvalue weighted by Crippen LogP contribution is -2.27. The monoisotopic (exact) mass is 303 g/mol. The van der Waals surface area contributed by atoms with Gasteiger partial charge in [-0.15, -0.1) is 0 Å². The summed E-state index contributed by atoms with van der Waals surface area (Å²) in [6.45, 7) is 5.72. The van der Waals surface area contributed by atoms with Gasteiger partial charge in [-0.05, 0) is 32.9 Å². The molecule has 0 atom stereocenters. The van der Waals surface area contributed by atoms with E-state index < -0.39 is 11.7 Å². The summed E-state index contributed by atoms with van der Waals surface area (Å²) in [5.41, 5.74) is -0.763. The number of nitrogens with zero attached hydrogens (tertiary/aromatic N) is 2. The van der Waals surface area contributed by atoms with E-state index in [0.717, 1.165) is 12.3 Å². The zero-order valence-electron chi connectivity index (χ0n) is 11.1. The highest BCUT2D eigenvalue weighted by molar-refractivity contribution is 6.30. The Hall–Kier alpha value is -1.56. The summed E-state index contributed by atoms with van der Waals surface area (Å²) in [5.74, 6) is 0.369. The molecule has 7 heteroatoms. The van der Waals surface area contributed by atoms with Crippen LogP contribution >= 0.6 is 11.6 Å². The Morgan fingerprint density at radius 3 is 2.35 bits per heavy atom. The number of aromatic nitrogens is 2. The molecular weight excluding hydrogens is 291 g/mol. The average Bonchev–Trinajstić information content (AvgIpc) is 2.24. The number of anilines is 1. The third-order valence-corrected chi connectivity index (χ3v) is 2.65. The fourth-order valence-corrected chi connectivity index (χ4v) is 1.91. The number of halogens is 4. The standard InChI is InChI=1S/C13H13ClF3N3/c1-12(2,3)20-11-10-7(5-9(14)19-11)4-8(6-18-10)13(15,16)17/h4-6H,1-3H3,(H,19,20). The minimum absolute atomic E-state index is 0.116. The Labute approximate surface area is 119 Å². The van der Waals surface area contributed by atoms with Crippen LogP contribution < -0.4 is 5.32 Å². The van der Waals surface area contributed by atoms with Crippen LogP contribution in [0.15, 0.2) is 18.3 Å². The van der Waals surface area contributed by atoms with Gasteiger partial charge in [0.1, 0.15) is 10.7 Å². The number of pyridine rings is 2. The van der Waals surface area contributed by atoms with E-state index in [4.69, 9.17) is 11.6 Å². The van der Waals surface area contributed by atoms with E-state index in [2.05, 4.69) is 15.3 Å². The van der Waals surface area contributed by atoms with Crippen LogP contribution in [-0.2, 0) is 6.18 Å². The topological polar surface area (TPSA) is 37.8 Å². The fourth-order valence-electron chi connectivity index (χ4n) is 1.71. The van der Waals surface area contributed by atoms with Crippen molar-refractivity contribution in [3.8, 4) is 0 Å². The second-order valence-electron chi connectivity index (χ2n) is 5.46. The molecule has 3 nitrogen and oxygen atoms in total. The Morgan fingerprint density at radius 1 is 1.15 bits per heavy atom. The van der Waals surface area contributed by atoms with E-state index in [9.17, 15) is 13.2 Å². The highest BCUT2D eigenvalue weighted by atomic mass is 35.5. The quantitative estimate of drug-likeness (QED) is 0.788. The predicted octanol–water partition coefficient (Wildman–Crippen LogP) is 4.51. The Balaban J connectivity index is 2.61. The van der Waals surface area contributed by atoms with Gasteiger partial charge in [-0.1, -0.05) is 11.6 Å². The zero-order chi connectivity index (χ0) is 15.1. The lowest BCUT2D eigenvalue weighted by Gasteiger charge is -2.22. The average molecular weight is 304 g/mol. The van der Waals surface area contributed by atoms with Crippen LogP contribution in [0.5, 0.6) is 0 Å². The van der Waals surface area contributed by atoms with Gasteiger partial charge in [-0.2, -0.15) is 13.2 Å². The van der Waals surface area contributed by atoms with Crippen molar-refractivity contribution in [2.24, 2.45) is 0 Å². The molecule has 0 radical (unpaired) electrons. The summed E-state index contributed by atoms with van der Waals surface area (Å²) < 4.78 is 38.1. The van der Waals surface area contributed by atoms with Crippen LogP contribution in [0.2, 0.25) is 5.15 Å². The number of fused-ring (bicyclic) bond motifs is 1. The van der Waals surface area contributed by atoms with Crippen LogP contribution in [-0.4, -0.2) is 15.5 Å². The van der Waals surface area contributed by atoms with Crippen molar-refractivity contribution in [3.05, 3.63) is 29.0 Å². The predicted molar refractivity (Wildman–Crippen MR) is 72.9 cm³/mol. The van der Waals surface area contributed by atoms with Crippen molar-refractivity contribution in [2.45, 2.75) is 32.5 Å². The summed E-state index contributed by atoms with van der Waals surface area (Å²) in [7, 11) is 0. The summed E-state index contributed by atoms with van der Waals surface area (Å²) in [5, 5.41) is 3.50. The van der Waals surface area contributed by atoms with Crippen LogP contribution in [0.25, 0.3) is 10.9 Å². The van der Waals surface area contributed by atoms with Gasteiger partial charge < -0.3 is 5.32 Å². The summed E-state index contributed by atoms with van der Waals surface area (Å²) in [6.07, 6.45) is -3.64. The number of hydrogen-bond acceptors (Lipinski definition) is 3. The maximum absolute atomic E-state index is 12.7. The molecule has 0 aromatic carbocycles. The summed E-state index contributed by atoms with van der Waals surface area (Å²) in [6, 6.07) is 2.39. The van der Waals surface area contributed by atoms with Crippen LogP contribution in [0.4, 0.5) is 19.0 Å². The molecule has 1 N–H and O–H groups in total.